The number of amides is 2. The van der Waals surface area contributed by atoms with Crippen molar-refractivity contribution in [3.8, 4) is 6.07 Å². The Morgan fingerprint density at radius 2 is 1.77 bits per heavy atom. The van der Waals surface area contributed by atoms with E-state index in [4.69, 9.17) is 0 Å². The standard InChI is InChI=1S/C21H19N3O2/c1-14(2)24-18-11-7-6-10-16(18)19(21(24)26)17(12-22)20(25)23-13-15-8-4-3-5-9-15/h3-11,14H,13H2,1-2H3,(H,23,25). The fourth-order valence-corrected chi connectivity index (χ4v) is 3.08. The summed E-state index contributed by atoms with van der Waals surface area (Å²) in [7, 11) is 0. The zero-order valence-corrected chi connectivity index (χ0v) is 14.7. The Morgan fingerprint density at radius 1 is 1.12 bits per heavy atom. The molecular formula is C21H19N3O2. The third-order valence-electron chi connectivity index (χ3n) is 4.27. The summed E-state index contributed by atoms with van der Waals surface area (Å²) in [6.07, 6.45) is 0. The zero-order valence-electron chi connectivity index (χ0n) is 14.7. The van der Waals surface area contributed by atoms with Crippen LogP contribution in [0.15, 0.2) is 60.2 Å². The summed E-state index contributed by atoms with van der Waals surface area (Å²) in [6, 6.07) is 18.5. The van der Waals surface area contributed by atoms with Crippen molar-refractivity contribution in [3.05, 3.63) is 71.3 Å². The van der Waals surface area contributed by atoms with Gasteiger partial charge in [0.05, 0.1) is 11.3 Å². The van der Waals surface area contributed by atoms with E-state index < -0.39 is 5.91 Å². The number of nitrogens with zero attached hydrogens (tertiary/aromatic N) is 2. The lowest BCUT2D eigenvalue weighted by Gasteiger charge is -2.21. The third kappa shape index (κ3) is 3.09. The van der Waals surface area contributed by atoms with Crippen molar-refractivity contribution in [2.75, 3.05) is 4.90 Å². The molecule has 2 aromatic carbocycles. The minimum absolute atomic E-state index is 0.0755. The van der Waals surface area contributed by atoms with Gasteiger partial charge in [-0.25, -0.2) is 0 Å². The molecule has 2 amide bonds. The molecule has 0 aromatic heterocycles. The minimum atomic E-state index is -0.542. The van der Waals surface area contributed by atoms with E-state index in [1.807, 2.05) is 62.4 Å². The number of carbonyl (C=O) groups excluding carboxylic acids is 2. The number of hydrogen-bond donors (Lipinski definition) is 1. The summed E-state index contributed by atoms with van der Waals surface area (Å²) < 4.78 is 0. The normalized spacial score (nSPS) is 14.8. The van der Waals surface area contributed by atoms with Gasteiger partial charge in [0, 0.05) is 18.2 Å². The Labute approximate surface area is 152 Å². The summed E-state index contributed by atoms with van der Waals surface area (Å²) in [6.45, 7) is 4.10. The molecule has 1 heterocycles. The second kappa shape index (κ2) is 7.24. The summed E-state index contributed by atoms with van der Waals surface area (Å²) >= 11 is 0. The van der Waals surface area contributed by atoms with E-state index in [0.717, 1.165) is 11.3 Å². The summed E-state index contributed by atoms with van der Waals surface area (Å²) in [4.78, 5) is 27.1. The lowest BCUT2D eigenvalue weighted by atomic mass is 10.0. The van der Waals surface area contributed by atoms with Gasteiger partial charge in [-0.15, -0.1) is 0 Å². The first-order valence-corrected chi connectivity index (χ1v) is 8.44. The highest BCUT2D eigenvalue weighted by atomic mass is 16.2. The lowest BCUT2D eigenvalue weighted by Crippen LogP contribution is -2.34. The monoisotopic (exact) mass is 345 g/mol. The van der Waals surface area contributed by atoms with E-state index in [-0.39, 0.29) is 23.1 Å². The van der Waals surface area contributed by atoms with Gasteiger partial charge in [-0.1, -0.05) is 48.5 Å². The smallest absolute Gasteiger partial charge is 0.263 e. The Bertz CT molecular complexity index is 924. The molecule has 0 unspecified atom stereocenters. The van der Waals surface area contributed by atoms with Crippen molar-refractivity contribution < 1.29 is 9.59 Å². The summed E-state index contributed by atoms with van der Waals surface area (Å²) in [5.74, 6) is -0.854. The Morgan fingerprint density at radius 3 is 2.42 bits per heavy atom. The van der Waals surface area contributed by atoms with Gasteiger partial charge in [0.15, 0.2) is 0 Å². The van der Waals surface area contributed by atoms with Crippen LogP contribution in [0.2, 0.25) is 0 Å². The Kier molecular flexibility index (Phi) is 4.85. The topological polar surface area (TPSA) is 73.2 Å². The number of fused-ring (bicyclic) bond motifs is 1. The zero-order chi connectivity index (χ0) is 18.7. The molecule has 130 valence electrons. The second-order valence-electron chi connectivity index (χ2n) is 6.32. The fraction of sp³-hybridized carbons (Fsp3) is 0.190. The van der Waals surface area contributed by atoms with Gasteiger partial charge in [-0.2, -0.15) is 5.26 Å². The molecule has 0 spiro atoms. The molecule has 2 aromatic rings. The molecule has 0 bridgehead atoms. The van der Waals surface area contributed by atoms with E-state index in [0.29, 0.717) is 12.1 Å². The van der Waals surface area contributed by atoms with Crippen molar-refractivity contribution >= 4 is 23.1 Å². The lowest BCUT2D eigenvalue weighted by molar-refractivity contribution is -0.118. The van der Waals surface area contributed by atoms with Crippen LogP contribution in [0.4, 0.5) is 5.69 Å². The van der Waals surface area contributed by atoms with E-state index in [9.17, 15) is 14.9 Å². The number of rotatable bonds is 4. The molecule has 0 saturated carbocycles. The van der Waals surface area contributed by atoms with E-state index in [1.54, 1.807) is 17.0 Å². The van der Waals surface area contributed by atoms with Crippen LogP contribution in [0.5, 0.6) is 0 Å². The van der Waals surface area contributed by atoms with Crippen molar-refractivity contribution in [2.45, 2.75) is 26.4 Å². The SMILES string of the molecule is CC(C)N1C(=O)C(=C(C#N)C(=O)NCc2ccccc2)c2ccccc21. The first-order chi connectivity index (χ1) is 12.5. The van der Waals surface area contributed by atoms with Gasteiger partial charge < -0.3 is 10.2 Å². The molecule has 5 heteroatoms. The molecule has 1 aliphatic rings. The van der Waals surface area contributed by atoms with Crippen LogP contribution in [-0.4, -0.2) is 17.9 Å². The number of carbonyl (C=O) groups is 2. The molecule has 1 N–H and O–H groups in total. The molecule has 3 rings (SSSR count). The number of nitrogens with one attached hydrogen (secondary N) is 1. The number of hydrogen-bond acceptors (Lipinski definition) is 3. The molecule has 0 aliphatic carbocycles. The predicted molar refractivity (Wildman–Crippen MR) is 99.9 cm³/mol. The Balaban J connectivity index is 1.97. The molecule has 0 radical (unpaired) electrons. The van der Waals surface area contributed by atoms with E-state index in [1.165, 1.54) is 0 Å². The highest BCUT2D eigenvalue weighted by Crippen LogP contribution is 2.39. The van der Waals surface area contributed by atoms with Crippen LogP contribution in [0.1, 0.15) is 25.0 Å². The van der Waals surface area contributed by atoms with Crippen LogP contribution >= 0.6 is 0 Å². The Hall–Kier alpha value is -3.39. The van der Waals surface area contributed by atoms with Crippen LogP contribution in [-0.2, 0) is 16.1 Å². The average molecular weight is 345 g/mol. The summed E-state index contributed by atoms with van der Waals surface area (Å²) in [5, 5.41) is 12.3. The first kappa shape index (κ1) is 17.4. The molecule has 5 nitrogen and oxygen atoms in total. The van der Waals surface area contributed by atoms with Crippen LogP contribution in [0.3, 0.4) is 0 Å². The van der Waals surface area contributed by atoms with Gasteiger partial charge in [-0.3, -0.25) is 9.59 Å². The number of nitriles is 1. The number of anilines is 1. The van der Waals surface area contributed by atoms with Crippen molar-refractivity contribution in [1.82, 2.24) is 5.32 Å². The number of benzene rings is 2. The maximum absolute atomic E-state index is 12.9. The third-order valence-corrected chi connectivity index (χ3v) is 4.27. The maximum atomic E-state index is 12.9. The van der Waals surface area contributed by atoms with Crippen molar-refractivity contribution in [1.29, 1.82) is 5.26 Å². The van der Waals surface area contributed by atoms with Gasteiger partial charge >= 0.3 is 0 Å². The average Bonchev–Trinajstić information content (AvgIpc) is 2.94. The minimum Gasteiger partial charge on any atom is -0.347 e. The highest BCUT2D eigenvalue weighted by molar-refractivity contribution is 6.37. The van der Waals surface area contributed by atoms with Gasteiger partial charge in [0.1, 0.15) is 11.6 Å². The quantitative estimate of drug-likeness (QED) is 0.684. The van der Waals surface area contributed by atoms with Crippen molar-refractivity contribution in [3.63, 3.8) is 0 Å². The molecule has 1 aliphatic heterocycles. The highest BCUT2D eigenvalue weighted by Gasteiger charge is 2.37. The molecule has 26 heavy (non-hydrogen) atoms. The van der Waals surface area contributed by atoms with Crippen molar-refractivity contribution in [2.24, 2.45) is 0 Å². The van der Waals surface area contributed by atoms with E-state index >= 15 is 0 Å². The van der Waals surface area contributed by atoms with Gasteiger partial charge in [0.2, 0.25) is 0 Å². The number of para-hydroxylation sites is 1. The first-order valence-electron chi connectivity index (χ1n) is 8.44. The molecule has 0 saturated heterocycles. The van der Waals surface area contributed by atoms with E-state index in [2.05, 4.69) is 5.32 Å². The van der Waals surface area contributed by atoms with Gasteiger partial charge in [-0.05, 0) is 25.5 Å². The van der Waals surface area contributed by atoms with Gasteiger partial charge in [0.25, 0.3) is 11.8 Å². The largest absolute Gasteiger partial charge is 0.347 e. The maximum Gasteiger partial charge on any atom is 0.263 e. The fourth-order valence-electron chi connectivity index (χ4n) is 3.08. The van der Waals surface area contributed by atoms with Crippen LogP contribution < -0.4 is 10.2 Å². The summed E-state index contributed by atoms with van der Waals surface area (Å²) in [5.41, 5.74) is 2.29. The molecular weight excluding hydrogens is 326 g/mol. The molecule has 0 atom stereocenters. The second-order valence-corrected chi connectivity index (χ2v) is 6.32. The molecule has 0 fully saturated rings. The van der Waals surface area contributed by atoms with Crippen LogP contribution in [0.25, 0.3) is 5.57 Å². The van der Waals surface area contributed by atoms with Crippen LogP contribution in [0, 0.1) is 11.3 Å². The predicted octanol–water partition coefficient (Wildman–Crippen LogP) is 3.04.